The average molecular weight is 602 g/mol. The molecular weight excluding hydrogens is 574 g/mol. The number of hydrogen-bond donors (Lipinski definition) is 0. The minimum atomic E-state index is -1.21. The molecule has 0 spiro atoms. The zero-order valence-electron chi connectivity index (χ0n) is 23.0. The lowest BCUT2D eigenvalue weighted by Gasteiger charge is -2.24. The molecule has 0 unspecified atom stereocenters. The Hall–Kier alpha value is -4.87. The summed E-state index contributed by atoms with van der Waals surface area (Å²) in [7, 11) is 0. The first-order valence-electron chi connectivity index (χ1n) is 13.5. The molecule has 11 heteroatoms. The second-order valence-corrected chi connectivity index (χ2v) is 10.2. The van der Waals surface area contributed by atoms with Crippen molar-refractivity contribution in [3.63, 3.8) is 0 Å². The van der Waals surface area contributed by atoms with E-state index in [1.807, 2.05) is 0 Å². The Bertz CT molecular complexity index is 1560. The third kappa shape index (κ3) is 7.14. The molecule has 1 aliphatic heterocycles. The molecule has 4 atom stereocenters. The molecule has 2 heterocycles. The lowest BCUT2D eigenvalue weighted by molar-refractivity contribution is -0.0450. The smallest absolute Gasteiger partial charge is 0.357 e. The molecule has 1 aliphatic rings. The van der Waals surface area contributed by atoms with E-state index in [4.69, 9.17) is 23.7 Å². The van der Waals surface area contributed by atoms with Gasteiger partial charge in [-0.2, -0.15) is 0 Å². The Balaban J connectivity index is 1.47. The standard InChI is InChI=1S/C32H27NO9S/c1-2-38-32(37)23-19-43-28(33-23)27-26(42-31(36)22-16-10-5-11-17-22)25(41-30(35)21-14-8-4-9-15-21)24(40-27)18-39-29(34)20-12-6-3-7-13-20/h3-17,19,24-27H,2,18H2,1H3/t24-,25+,26+,27+/m0/s1. The highest BCUT2D eigenvalue weighted by atomic mass is 32.1. The molecule has 5 rings (SSSR count). The summed E-state index contributed by atoms with van der Waals surface area (Å²) < 4.78 is 28.7. The number of ether oxygens (including phenoxy) is 5. The van der Waals surface area contributed by atoms with Crippen LogP contribution in [0.25, 0.3) is 0 Å². The summed E-state index contributed by atoms with van der Waals surface area (Å²) in [5.41, 5.74) is 0.897. The van der Waals surface area contributed by atoms with E-state index in [9.17, 15) is 19.2 Å². The van der Waals surface area contributed by atoms with Crippen molar-refractivity contribution in [2.24, 2.45) is 0 Å². The Morgan fingerprint density at radius 3 is 1.74 bits per heavy atom. The van der Waals surface area contributed by atoms with Gasteiger partial charge in [-0.1, -0.05) is 54.6 Å². The van der Waals surface area contributed by atoms with Gasteiger partial charge in [0.05, 0.1) is 23.3 Å². The molecule has 1 aromatic heterocycles. The lowest BCUT2D eigenvalue weighted by atomic mass is 10.1. The van der Waals surface area contributed by atoms with Crippen LogP contribution >= 0.6 is 11.3 Å². The zero-order valence-corrected chi connectivity index (χ0v) is 23.8. The maximum Gasteiger partial charge on any atom is 0.357 e. The minimum absolute atomic E-state index is 0.0513. The van der Waals surface area contributed by atoms with Crippen LogP contribution in [-0.2, 0) is 23.7 Å². The largest absolute Gasteiger partial charge is 0.461 e. The second kappa shape index (κ2) is 13.9. The van der Waals surface area contributed by atoms with Crippen LogP contribution in [0.1, 0.15) is 59.6 Å². The highest BCUT2D eigenvalue weighted by molar-refractivity contribution is 7.09. The third-order valence-corrected chi connectivity index (χ3v) is 7.36. The fraction of sp³-hybridized carbons (Fsp3) is 0.219. The maximum absolute atomic E-state index is 13.2. The van der Waals surface area contributed by atoms with E-state index in [0.29, 0.717) is 5.56 Å². The predicted molar refractivity (Wildman–Crippen MR) is 154 cm³/mol. The number of esters is 4. The van der Waals surface area contributed by atoms with Crippen LogP contribution in [-0.4, -0.2) is 60.4 Å². The molecule has 0 bridgehead atoms. The summed E-state index contributed by atoms with van der Waals surface area (Å²) in [6, 6.07) is 24.9. The van der Waals surface area contributed by atoms with E-state index in [1.165, 1.54) is 5.38 Å². The molecule has 0 radical (unpaired) electrons. The van der Waals surface area contributed by atoms with E-state index in [2.05, 4.69) is 4.98 Å². The summed E-state index contributed by atoms with van der Waals surface area (Å²) in [4.78, 5) is 55.9. The molecule has 0 N–H and O–H groups in total. The van der Waals surface area contributed by atoms with Gasteiger partial charge in [0.1, 0.15) is 17.7 Å². The van der Waals surface area contributed by atoms with E-state index in [0.717, 1.165) is 11.3 Å². The molecule has 0 saturated carbocycles. The number of hydrogen-bond acceptors (Lipinski definition) is 11. The van der Waals surface area contributed by atoms with Crippen molar-refractivity contribution in [1.29, 1.82) is 0 Å². The van der Waals surface area contributed by atoms with Gasteiger partial charge in [0.15, 0.2) is 24.0 Å². The predicted octanol–water partition coefficient (Wildman–Crippen LogP) is 5.07. The fourth-order valence-electron chi connectivity index (χ4n) is 4.40. The SMILES string of the molecule is CCOC(=O)c1csc([C@@H]2O[C@@H](COC(=O)c3ccccc3)[C@@H](OC(=O)c3ccccc3)[C@H]2OC(=O)c2ccccc2)n1. The Labute approximate surface area is 251 Å². The molecule has 43 heavy (non-hydrogen) atoms. The van der Waals surface area contributed by atoms with Crippen molar-refractivity contribution < 1.29 is 42.9 Å². The van der Waals surface area contributed by atoms with Crippen LogP contribution in [0.5, 0.6) is 0 Å². The van der Waals surface area contributed by atoms with Gasteiger partial charge in [-0.3, -0.25) is 0 Å². The number of carbonyl (C=O) groups excluding carboxylic acids is 4. The first kappa shape index (κ1) is 29.6. The number of benzene rings is 3. The number of carbonyl (C=O) groups is 4. The Morgan fingerprint density at radius 2 is 1.21 bits per heavy atom. The van der Waals surface area contributed by atoms with Gasteiger partial charge >= 0.3 is 23.9 Å². The summed E-state index contributed by atoms with van der Waals surface area (Å²) in [6.07, 6.45) is -4.52. The second-order valence-electron chi connectivity index (χ2n) is 9.32. The van der Waals surface area contributed by atoms with E-state index in [1.54, 1.807) is 97.9 Å². The molecule has 0 aliphatic carbocycles. The van der Waals surface area contributed by atoms with E-state index >= 15 is 0 Å². The normalized spacial score (nSPS) is 19.3. The van der Waals surface area contributed by atoms with Crippen molar-refractivity contribution in [3.05, 3.63) is 124 Å². The number of thiazole rings is 1. The van der Waals surface area contributed by atoms with Gasteiger partial charge in [0, 0.05) is 5.38 Å². The monoisotopic (exact) mass is 601 g/mol. The molecular formula is C32H27NO9S. The maximum atomic E-state index is 13.2. The minimum Gasteiger partial charge on any atom is -0.461 e. The molecule has 1 fully saturated rings. The van der Waals surface area contributed by atoms with E-state index in [-0.39, 0.29) is 35.0 Å². The average Bonchev–Trinajstić information content (AvgIpc) is 3.66. The first-order valence-corrected chi connectivity index (χ1v) is 14.3. The summed E-state index contributed by atoms with van der Waals surface area (Å²) >= 11 is 1.09. The fourth-order valence-corrected chi connectivity index (χ4v) is 5.25. The van der Waals surface area contributed by atoms with Crippen molar-refractivity contribution >= 4 is 35.2 Å². The van der Waals surface area contributed by atoms with Crippen molar-refractivity contribution in [1.82, 2.24) is 4.98 Å². The van der Waals surface area contributed by atoms with Crippen LogP contribution in [0.2, 0.25) is 0 Å². The van der Waals surface area contributed by atoms with Crippen LogP contribution in [0.3, 0.4) is 0 Å². The number of nitrogens with zero attached hydrogens (tertiary/aromatic N) is 1. The molecule has 220 valence electrons. The van der Waals surface area contributed by atoms with Gasteiger partial charge in [-0.15, -0.1) is 11.3 Å². The van der Waals surface area contributed by atoms with E-state index < -0.39 is 48.3 Å². The van der Waals surface area contributed by atoms with Gasteiger partial charge in [0.2, 0.25) is 0 Å². The van der Waals surface area contributed by atoms with Crippen LogP contribution in [0.4, 0.5) is 0 Å². The Kier molecular flexibility index (Phi) is 9.55. The summed E-state index contributed by atoms with van der Waals surface area (Å²) in [5.74, 6) is -2.62. The quantitative estimate of drug-likeness (QED) is 0.180. The van der Waals surface area contributed by atoms with Crippen molar-refractivity contribution in [3.8, 4) is 0 Å². The third-order valence-electron chi connectivity index (χ3n) is 6.45. The molecule has 1 saturated heterocycles. The summed E-state index contributed by atoms with van der Waals surface area (Å²) in [5, 5.41) is 1.78. The van der Waals surface area contributed by atoms with Crippen LogP contribution in [0, 0.1) is 0 Å². The number of rotatable bonds is 10. The number of aromatic nitrogens is 1. The molecule has 4 aromatic rings. The zero-order chi connectivity index (χ0) is 30.2. The van der Waals surface area contributed by atoms with Crippen molar-refractivity contribution in [2.45, 2.75) is 31.3 Å². The van der Waals surface area contributed by atoms with Gasteiger partial charge < -0.3 is 23.7 Å². The highest BCUT2D eigenvalue weighted by Gasteiger charge is 2.52. The first-order chi connectivity index (χ1) is 20.9. The molecule has 3 aromatic carbocycles. The van der Waals surface area contributed by atoms with Gasteiger partial charge in [-0.25, -0.2) is 24.2 Å². The topological polar surface area (TPSA) is 127 Å². The highest BCUT2D eigenvalue weighted by Crippen LogP contribution is 2.39. The van der Waals surface area contributed by atoms with Gasteiger partial charge in [-0.05, 0) is 43.3 Å². The van der Waals surface area contributed by atoms with Crippen molar-refractivity contribution in [2.75, 3.05) is 13.2 Å². The van der Waals surface area contributed by atoms with Crippen LogP contribution in [0.15, 0.2) is 96.4 Å². The van der Waals surface area contributed by atoms with Crippen LogP contribution < -0.4 is 0 Å². The Morgan fingerprint density at radius 1 is 0.698 bits per heavy atom. The molecule has 0 amide bonds. The van der Waals surface area contributed by atoms with Gasteiger partial charge in [0.25, 0.3) is 0 Å². The molecule has 10 nitrogen and oxygen atoms in total. The summed E-state index contributed by atoms with van der Waals surface area (Å²) in [6.45, 7) is 1.51. The lowest BCUT2D eigenvalue weighted by Crippen LogP contribution is -2.40.